The molecule has 5 nitrogen and oxygen atoms in total. The van der Waals surface area contributed by atoms with Crippen LogP contribution in [-0.4, -0.2) is 54.4 Å². The second kappa shape index (κ2) is 8.59. The molecule has 1 saturated carbocycles. The molecular formula is C16H31N3O2. The summed E-state index contributed by atoms with van der Waals surface area (Å²) in [6.07, 6.45) is 10.2. The third kappa shape index (κ3) is 6.22. The summed E-state index contributed by atoms with van der Waals surface area (Å²) in [7, 11) is 0. The predicted octanol–water partition coefficient (Wildman–Crippen LogP) is 1.86. The molecule has 122 valence electrons. The molecule has 0 unspecified atom stereocenters. The summed E-state index contributed by atoms with van der Waals surface area (Å²) >= 11 is 0. The van der Waals surface area contributed by atoms with Gasteiger partial charge in [-0.15, -0.1) is 0 Å². The number of nitrogens with one attached hydrogen (secondary N) is 2. The minimum absolute atomic E-state index is 0.147. The number of rotatable bonds is 8. The Kier molecular flexibility index (Phi) is 6.77. The summed E-state index contributed by atoms with van der Waals surface area (Å²) in [5, 5.41) is 15.5. The maximum absolute atomic E-state index is 11.6. The second-order valence-corrected chi connectivity index (χ2v) is 6.65. The van der Waals surface area contributed by atoms with Crippen molar-refractivity contribution in [2.75, 3.05) is 32.7 Å². The van der Waals surface area contributed by atoms with E-state index < -0.39 is 5.60 Å². The van der Waals surface area contributed by atoms with E-state index in [0.717, 1.165) is 32.2 Å². The lowest BCUT2D eigenvalue weighted by Crippen LogP contribution is -2.50. The number of unbranched alkanes of at least 4 members (excludes halogenated alkanes) is 2. The molecule has 1 saturated heterocycles. The highest BCUT2D eigenvalue weighted by Gasteiger charge is 2.34. The number of nitrogens with zero attached hydrogens (tertiary/aromatic N) is 1. The topological polar surface area (TPSA) is 64.6 Å². The van der Waals surface area contributed by atoms with E-state index in [4.69, 9.17) is 0 Å². The second-order valence-electron chi connectivity index (χ2n) is 6.65. The van der Waals surface area contributed by atoms with Crippen molar-refractivity contribution >= 4 is 6.03 Å². The van der Waals surface area contributed by atoms with Crippen LogP contribution in [0.15, 0.2) is 0 Å². The molecular weight excluding hydrogens is 266 g/mol. The van der Waals surface area contributed by atoms with Crippen LogP contribution in [0.4, 0.5) is 4.79 Å². The maximum Gasteiger partial charge on any atom is 0.314 e. The monoisotopic (exact) mass is 297 g/mol. The molecule has 5 heteroatoms. The Labute approximate surface area is 128 Å². The molecule has 0 atom stereocenters. The van der Waals surface area contributed by atoms with E-state index in [1.807, 2.05) is 0 Å². The van der Waals surface area contributed by atoms with Gasteiger partial charge in [-0.3, -0.25) is 0 Å². The van der Waals surface area contributed by atoms with Gasteiger partial charge in [-0.2, -0.15) is 0 Å². The van der Waals surface area contributed by atoms with Crippen molar-refractivity contribution in [2.24, 2.45) is 0 Å². The zero-order valence-electron chi connectivity index (χ0n) is 13.2. The van der Waals surface area contributed by atoms with Crippen LogP contribution in [0.25, 0.3) is 0 Å². The van der Waals surface area contributed by atoms with E-state index in [0.29, 0.717) is 6.54 Å². The number of hydrogen-bond donors (Lipinski definition) is 3. The third-order valence-corrected chi connectivity index (χ3v) is 4.75. The van der Waals surface area contributed by atoms with Crippen LogP contribution in [0, 0.1) is 0 Å². The fourth-order valence-electron chi connectivity index (χ4n) is 3.09. The molecule has 0 aromatic rings. The van der Waals surface area contributed by atoms with Crippen molar-refractivity contribution in [3.05, 3.63) is 0 Å². The molecule has 0 aromatic heterocycles. The molecule has 2 amide bonds. The molecule has 2 fully saturated rings. The number of urea groups is 1. The summed E-state index contributed by atoms with van der Waals surface area (Å²) in [6, 6.07) is -0.147. The van der Waals surface area contributed by atoms with Crippen LogP contribution in [0.1, 0.15) is 57.8 Å². The normalized spacial score (nSPS) is 21.6. The third-order valence-electron chi connectivity index (χ3n) is 4.75. The van der Waals surface area contributed by atoms with Crippen molar-refractivity contribution in [3.63, 3.8) is 0 Å². The number of likely N-dealkylation sites (tertiary alicyclic amines) is 1. The Morgan fingerprint density at radius 1 is 1.00 bits per heavy atom. The highest BCUT2D eigenvalue weighted by atomic mass is 16.3. The fourth-order valence-corrected chi connectivity index (χ4v) is 3.09. The minimum Gasteiger partial charge on any atom is -0.388 e. The van der Waals surface area contributed by atoms with Gasteiger partial charge in [-0.1, -0.05) is 12.8 Å². The van der Waals surface area contributed by atoms with Gasteiger partial charge in [0.05, 0.1) is 5.60 Å². The number of hydrogen-bond acceptors (Lipinski definition) is 3. The zero-order chi connectivity index (χ0) is 15.0. The van der Waals surface area contributed by atoms with Crippen molar-refractivity contribution in [1.29, 1.82) is 0 Å². The highest BCUT2D eigenvalue weighted by Crippen LogP contribution is 2.30. The van der Waals surface area contributed by atoms with Crippen molar-refractivity contribution in [1.82, 2.24) is 15.5 Å². The quantitative estimate of drug-likeness (QED) is 0.599. The lowest BCUT2D eigenvalue weighted by atomic mass is 9.80. The van der Waals surface area contributed by atoms with E-state index in [-0.39, 0.29) is 6.03 Å². The molecule has 21 heavy (non-hydrogen) atoms. The van der Waals surface area contributed by atoms with Crippen LogP contribution >= 0.6 is 0 Å². The van der Waals surface area contributed by atoms with Gasteiger partial charge < -0.3 is 20.6 Å². The lowest BCUT2D eigenvalue weighted by molar-refractivity contribution is -0.0290. The summed E-state index contributed by atoms with van der Waals surface area (Å²) in [5.41, 5.74) is -0.633. The molecule has 0 bridgehead atoms. The van der Waals surface area contributed by atoms with Crippen LogP contribution in [0.5, 0.6) is 0 Å². The molecule has 0 spiro atoms. The van der Waals surface area contributed by atoms with Crippen LogP contribution in [0.2, 0.25) is 0 Å². The highest BCUT2D eigenvalue weighted by molar-refractivity contribution is 5.73. The first kappa shape index (κ1) is 16.6. The van der Waals surface area contributed by atoms with E-state index in [1.165, 1.54) is 51.7 Å². The number of carbonyl (C=O) groups is 1. The van der Waals surface area contributed by atoms with Crippen LogP contribution < -0.4 is 10.6 Å². The van der Waals surface area contributed by atoms with Gasteiger partial charge in [-0.05, 0) is 64.6 Å². The average Bonchev–Trinajstić information content (AvgIpc) is 2.48. The van der Waals surface area contributed by atoms with Gasteiger partial charge >= 0.3 is 6.03 Å². The van der Waals surface area contributed by atoms with Crippen LogP contribution in [0.3, 0.4) is 0 Å². The predicted molar refractivity (Wildman–Crippen MR) is 84.3 cm³/mol. The number of aliphatic hydroxyl groups is 1. The Hall–Kier alpha value is -0.810. The van der Waals surface area contributed by atoms with E-state index >= 15 is 0 Å². The summed E-state index contributed by atoms with van der Waals surface area (Å²) in [6.45, 7) is 4.85. The number of carbonyl (C=O) groups excluding carboxylic acids is 1. The van der Waals surface area contributed by atoms with Gasteiger partial charge in [0.15, 0.2) is 0 Å². The van der Waals surface area contributed by atoms with E-state index in [1.54, 1.807) is 0 Å². The first-order valence-corrected chi connectivity index (χ1v) is 8.64. The minimum atomic E-state index is -0.633. The first-order chi connectivity index (χ1) is 10.2. The van der Waals surface area contributed by atoms with Crippen molar-refractivity contribution in [2.45, 2.75) is 63.4 Å². The Morgan fingerprint density at radius 2 is 1.76 bits per heavy atom. The maximum atomic E-state index is 11.6. The van der Waals surface area contributed by atoms with Gasteiger partial charge in [0.1, 0.15) is 0 Å². The Balaban J connectivity index is 1.39. The van der Waals surface area contributed by atoms with E-state index in [2.05, 4.69) is 15.5 Å². The lowest BCUT2D eigenvalue weighted by Gasteiger charge is -2.36. The van der Waals surface area contributed by atoms with Gasteiger partial charge in [0.25, 0.3) is 0 Å². The van der Waals surface area contributed by atoms with Gasteiger partial charge in [0.2, 0.25) is 0 Å². The summed E-state index contributed by atoms with van der Waals surface area (Å²) in [5.74, 6) is 0. The van der Waals surface area contributed by atoms with Gasteiger partial charge in [0, 0.05) is 13.1 Å². The molecule has 0 radical (unpaired) electrons. The van der Waals surface area contributed by atoms with Gasteiger partial charge in [-0.25, -0.2) is 4.79 Å². The molecule has 1 heterocycles. The Morgan fingerprint density at radius 3 is 2.43 bits per heavy atom. The zero-order valence-corrected chi connectivity index (χ0v) is 13.2. The molecule has 1 aliphatic heterocycles. The number of amides is 2. The van der Waals surface area contributed by atoms with Crippen molar-refractivity contribution in [3.8, 4) is 0 Å². The van der Waals surface area contributed by atoms with Crippen LogP contribution in [-0.2, 0) is 0 Å². The molecule has 1 aliphatic carbocycles. The largest absolute Gasteiger partial charge is 0.388 e. The first-order valence-electron chi connectivity index (χ1n) is 8.64. The summed E-state index contributed by atoms with van der Waals surface area (Å²) in [4.78, 5) is 14.1. The van der Waals surface area contributed by atoms with Crippen molar-refractivity contribution < 1.29 is 9.90 Å². The Bertz CT molecular complexity index is 313. The SMILES string of the molecule is O=C(NCCCCCN1CCCCC1)NCC1(O)CCC1. The molecule has 2 aliphatic rings. The number of piperidine rings is 1. The summed E-state index contributed by atoms with van der Waals surface area (Å²) < 4.78 is 0. The molecule has 0 aromatic carbocycles. The average molecular weight is 297 g/mol. The fraction of sp³-hybridized carbons (Fsp3) is 0.938. The molecule has 3 N–H and O–H groups in total. The molecule has 2 rings (SSSR count). The smallest absolute Gasteiger partial charge is 0.314 e. The standard InChI is InChI=1S/C16H31N3O2/c20-15(18-14-16(21)8-7-9-16)17-10-3-1-4-11-19-12-5-2-6-13-19/h21H,1-14H2,(H2,17,18,20). The van der Waals surface area contributed by atoms with E-state index in [9.17, 15) is 9.90 Å².